The normalized spacial score (nSPS) is 17.8. The van der Waals surface area contributed by atoms with Crippen molar-refractivity contribution in [2.24, 2.45) is 0 Å². The number of rotatable bonds is 6. The zero-order valence-electron chi connectivity index (χ0n) is 17.0. The predicted octanol–water partition coefficient (Wildman–Crippen LogP) is 1.94. The highest BCUT2D eigenvalue weighted by molar-refractivity contribution is 5.95. The van der Waals surface area contributed by atoms with Crippen LogP contribution in [0.1, 0.15) is 17.2 Å². The van der Waals surface area contributed by atoms with Crippen LogP contribution in [0.5, 0.6) is 5.75 Å². The molecule has 1 atom stereocenters. The first-order valence-electron chi connectivity index (χ1n) is 10.2. The molecule has 0 aromatic heterocycles. The molecule has 4 rings (SSSR count). The lowest BCUT2D eigenvalue weighted by Gasteiger charge is -2.34. The van der Waals surface area contributed by atoms with Crippen LogP contribution in [0.3, 0.4) is 0 Å². The van der Waals surface area contributed by atoms with Crippen LogP contribution in [0.4, 0.5) is 10.5 Å². The minimum atomic E-state index is -0.726. The topological polar surface area (TPSA) is 101 Å². The van der Waals surface area contributed by atoms with Gasteiger partial charge in [-0.25, -0.2) is 4.79 Å². The van der Waals surface area contributed by atoms with E-state index < -0.39 is 12.3 Å². The summed E-state index contributed by atoms with van der Waals surface area (Å²) in [5.74, 6) is 0.387. The number of hydroxylamine groups is 2. The molecule has 1 amide bonds. The standard InChI is InChI=1S/C22H25N3O6/c26-19(17-6-7-20-18(12-17)23-21(27)15-29-20)13-24-8-10-25(11-9-24)31-22(28)30-14-16-4-2-1-3-5-16/h1-7,12,19,26H,8-11,13-15H2,(H,23,27). The number of ether oxygens (including phenoxy) is 2. The maximum atomic E-state index is 11.9. The number of anilines is 1. The molecule has 2 N–H and O–H groups in total. The third-order valence-electron chi connectivity index (χ3n) is 5.19. The average Bonchev–Trinajstić information content (AvgIpc) is 2.79. The van der Waals surface area contributed by atoms with E-state index in [1.54, 1.807) is 23.3 Å². The summed E-state index contributed by atoms with van der Waals surface area (Å²) in [5.41, 5.74) is 2.17. The molecule has 2 aromatic rings. The van der Waals surface area contributed by atoms with Crippen LogP contribution in [0.15, 0.2) is 48.5 Å². The SMILES string of the molecule is O=C1COc2ccc(C(O)CN3CCN(OC(=O)OCc4ccccc4)CC3)cc2N1. The lowest BCUT2D eigenvalue weighted by molar-refractivity contribution is -0.149. The van der Waals surface area contributed by atoms with E-state index in [-0.39, 0.29) is 19.1 Å². The van der Waals surface area contributed by atoms with Crippen LogP contribution < -0.4 is 10.1 Å². The smallest absolute Gasteiger partial charge is 0.482 e. The highest BCUT2D eigenvalue weighted by Gasteiger charge is 2.24. The second-order valence-electron chi connectivity index (χ2n) is 7.45. The van der Waals surface area contributed by atoms with E-state index in [0.717, 1.165) is 5.56 Å². The Morgan fingerprint density at radius 2 is 1.90 bits per heavy atom. The number of fused-ring (bicyclic) bond motifs is 1. The van der Waals surface area contributed by atoms with Gasteiger partial charge < -0.3 is 24.7 Å². The van der Waals surface area contributed by atoms with E-state index in [1.165, 1.54) is 0 Å². The number of nitrogens with zero attached hydrogens (tertiary/aromatic N) is 2. The van der Waals surface area contributed by atoms with Gasteiger partial charge in [0.25, 0.3) is 5.91 Å². The number of hydrogen-bond donors (Lipinski definition) is 2. The van der Waals surface area contributed by atoms with Gasteiger partial charge in [-0.3, -0.25) is 9.69 Å². The summed E-state index contributed by atoms with van der Waals surface area (Å²) in [7, 11) is 0. The zero-order valence-corrected chi connectivity index (χ0v) is 17.0. The Balaban J connectivity index is 1.20. The molecular weight excluding hydrogens is 402 g/mol. The van der Waals surface area contributed by atoms with Gasteiger partial charge in [0.2, 0.25) is 0 Å². The number of nitrogens with one attached hydrogen (secondary N) is 1. The minimum Gasteiger partial charge on any atom is -0.482 e. The third-order valence-corrected chi connectivity index (χ3v) is 5.19. The lowest BCUT2D eigenvalue weighted by atomic mass is 10.1. The fraction of sp³-hybridized carbons (Fsp3) is 0.364. The summed E-state index contributed by atoms with van der Waals surface area (Å²) >= 11 is 0. The molecule has 0 aliphatic carbocycles. The van der Waals surface area contributed by atoms with E-state index in [4.69, 9.17) is 14.3 Å². The van der Waals surface area contributed by atoms with E-state index >= 15 is 0 Å². The quantitative estimate of drug-likeness (QED) is 0.675. The number of amides is 1. The molecular formula is C22H25N3O6. The van der Waals surface area contributed by atoms with Crippen LogP contribution in [0, 0.1) is 0 Å². The largest absolute Gasteiger partial charge is 0.528 e. The number of hydrogen-bond acceptors (Lipinski definition) is 8. The molecule has 1 fully saturated rings. The summed E-state index contributed by atoms with van der Waals surface area (Å²) in [6, 6.07) is 14.7. The van der Waals surface area contributed by atoms with Gasteiger partial charge in [0.15, 0.2) is 6.61 Å². The molecule has 0 spiro atoms. The average molecular weight is 427 g/mol. The van der Waals surface area contributed by atoms with Gasteiger partial charge in [-0.15, -0.1) is 5.06 Å². The van der Waals surface area contributed by atoms with Crippen LogP contribution in [-0.4, -0.2) is 66.5 Å². The molecule has 2 heterocycles. The molecule has 0 bridgehead atoms. The first-order valence-corrected chi connectivity index (χ1v) is 10.2. The number of carbonyl (C=O) groups is 2. The number of β-amino-alcohol motifs (C(OH)–C–C–N with tert-alkyl or cyclic N) is 1. The molecule has 164 valence electrons. The monoisotopic (exact) mass is 427 g/mol. The van der Waals surface area contributed by atoms with Gasteiger partial charge in [-0.2, -0.15) is 0 Å². The summed E-state index contributed by atoms with van der Waals surface area (Å²) in [4.78, 5) is 30.7. The van der Waals surface area contributed by atoms with Crippen LogP contribution in [0.2, 0.25) is 0 Å². The van der Waals surface area contributed by atoms with Gasteiger partial charge in [-0.05, 0) is 23.3 Å². The van der Waals surface area contributed by atoms with Crippen molar-refractivity contribution >= 4 is 17.7 Å². The first-order chi connectivity index (χ1) is 15.1. The van der Waals surface area contributed by atoms with Gasteiger partial charge in [-0.1, -0.05) is 36.4 Å². The fourth-order valence-corrected chi connectivity index (χ4v) is 3.51. The molecule has 0 saturated carbocycles. The number of benzene rings is 2. The molecule has 0 radical (unpaired) electrons. The Labute approximate surface area is 180 Å². The van der Waals surface area contributed by atoms with Gasteiger partial charge >= 0.3 is 6.16 Å². The van der Waals surface area contributed by atoms with Crippen LogP contribution in [-0.2, 0) is 21.0 Å². The van der Waals surface area contributed by atoms with E-state index in [2.05, 4.69) is 10.2 Å². The fourth-order valence-electron chi connectivity index (χ4n) is 3.51. The van der Waals surface area contributed by atoms with Crippen molar-refractivity contribution in [2.75, 3.05) is 44.6 Å². The van der Waals surface area contributed by atoms with Crippen LogP contribution >= 0.6 is 0 Å². The third kappa shape index (κ3) is 5.72. The highest BCUT2D eigenvalue weighted by atomic mass is 16.8. The Morgan fingerprint density at radius 1 is 1.13 bits per heavy atom. The summed E-state index contributed by atoms with van der Waals surface area (Å²) in [5, 5.41) is 14.9. The summed E-state index contributed by atoms with van der Waals surface area (Å²) in [6.45, 7) is 2.89. The molecule has 9 nitrogen and oxygen atoms in total. The lowest BCUT2D eigenvalue weighted by Crippen LogP contribution is -2.48. The van der Waals surface area contributed by atoms with Crippen LogP contribution in [0.25, 0.3) is 0 Å². The molecule has 9 heteroatoms. The van der Waals surface area contributed by atoms with Crippen molar-refractivity contribution in [3.63, 3.8) is 0 Å². The zero-order chi connectivity index (χ0) is 21.6. The van der Waals surface area contributed by atoms with Gasteiger partial charge in [0, 0.05) is 32.7 Å². The summed E-state index contributed by atoms with van der Waals surface area (Å²) in [6.07, 6.45) is -1.44. The molecule has 31 heavy (non-hydrogen) atoms. The molecule has 1 saturated heterocycles. The Hall–Kier alpha value is -3.14. The predicted molar refractivity (Wildman–Crippen MR) is 111 cm³/mol. The molecule has 2 aliphatic rings. The van der Waals surface area contributed by atoms with Gasteiger partial charge in [0.1, 0.15) is 12.4 Å². The molecule has 2 aliphatic heterocycles. The Bertz CT molecular complexity index is 915. The van der Waals surface area contributed by atoms with E-state index in [1.807, 2.05) is 30.3 Å². The van der Waals surface area contributed by atoms with Crippen molar-refractivity contribution < 1.29 is 29.0 Å². The number of aliphatic hydroxyl groups is 1. The second-order valence-corrected chi connectivity index (χ2v) is 7.45. The maximum Gasteiger partial charge on any atom is 0.528 e. The maximum absolute atomic E-state index is 11.9. The van der Waals surface area contributed by atoms with Crippen molar-refractivity contribution in [1.82, 2.24) is 9.96 Å². The number of piperazine rings is 1. The minimum absolute atomic E-state index is 0.00104. The van der Waals surface area contributed by atoms with E-state index in [0.29, 0.717) is 49.7 Å². The number of carbonyl (C=O) groups excluding carboxylic acids is 2. The van der Waals surface area contributed by atoms with Crippen molar-refractivity contribution in [2.45, 2.75) is 12.7 Å². The highest BCUT2D eigenvalue weighted by Crippen LogP contribution is 2.30. The molecule has 2 aromatic carbocycles. The molecule has 1 unspecified atom stereocenters. The van der Waals surface area contributed by atoms with Crippen molar-refractivity contribution in [3.8, 4) is 5.75 Å². The van der Waals surface area contributed by atoms with Gasteiger partial charge in [0.05, 0.1) is 11.8 Å². The van der Waals surface area contributed by atoms with Crippen molar-refractivity contribution in [3.05, 3.63) is 59.7 Å². The van der Waals surface area contributed by atoms with E-state index in [9.17, 15) is 14.7 Å². The first kappa shape index (κ1) is 21.1. The Kier molecular flexibility index (Phi) is 6.66. The van der Waals surface area contributed by atoms with Crippen molar-refractivity contribution in [1.29, 1.82) is 0 Å². The number of aliphatic hydroxyl groups excluding tert-OH is 1. The second kappa shape index (κ2) is 9.78. The Morgan fingerprint density at radius 3 is 2.68 bits per heavy atom. The summed E-state index contributed by atoms with van der Waals surface area (Å²) < 4.78 is 10.5.